The molecule has 108 valence electrons. The van der Waals surface area contributed by atoms with Crippen molar-refractivity contribution in [2.75, 3.05) is 0 Å². The van der Waals surface area contributed by atoms with E-state index in [9.17, 15) is 9.90 Å². The third-order valence-electron chi connectivity index (χ3n) is 3.83. The summed E-state index contributed by atoms with van der Waals surface area (Å²) in [5.41, 5.74) is 2.88. The van der Waals surface area contributed by atoms with E-state index < -0.39 is 6.10 Å². The number of carbonyl (C=O) groups excluding carboxylic acids is 1. The van der Waals surface area contributed by atoms with Crippen molar-refractivity contribution in [3.05, 3.63) is 70.2 Å². The molecule has 0 saturated heterocycles. The lowest BCUT2D eigenvalue weighted by atomic mass is 10.1. The molecule has 0 aromatic heterocycles. The number of rotatable bonds is 3. The van der Waals surface area contributed by atoms with Gasteiger partial charge in [-0.1, -0.05) is 54.1 Å². The van der Waals surface area contributed by atoms with E-state index in [2.05, 4.69) is 5.32 Å². The van der Waals surface area contributed by atoms with E-state index in [-0.39, 0.29) is 18.4 Å². The first kappa shape index (κ1) is 14.1. The summed E-state index contributed by atoms with van der Waals surface area (Å²) in [6, 6.07) is 14.8. The van der Waals surface area contributed by atoms with E-state index in [1.807, 2.05) is 42.5 Å². The number of benzene rings is 2. The summed E-state index contributed by atoms with van der Waals surface area (Å²) in [6.07, 6.45) is 0.218. The van der Waals surface area contributed by atoms with Crippen LogP contribution in [-0.4, -0.2) is 17.1 Å². The quantitative estimate of drug-likeness (QED) is 0.915. The van der Waals surface area contributed by atoms with Gasteiger partial charge in [0.05, 0.1) is 18.6 Å². The zero-order valence-electron chi connectivity index (χ0n) is 11.4. The van der Waals surface area contributed by atoms with Gasteiger partial charge in [-0.2, -0.15) is 0 Å². The number of amides is 1. The minimum Gasteiger partial charge on any atom is -0.390 e. The summed E-state index contributed by atoms with van der Waals surface area (Å²) in [5.74, 6) is -0.135. The molecule has 0 spiro atoms. The van der Waals surface area contributed by atoms with Crippen LogP contribution in [0.5, 0.6) is 0 Å². The van der Waals surface area contributed by atoms with Gasteiger partial charge in [-0.3, -0.25) is 4.79 Å². The molecular weight excluding hydrogens is 286 g/mol. The zero-order valence-corrected chi connectivity index (χ0v) is 12.2. The highest BCUT2D eigenvalue weighted by molar-refractivity contribution is 6.31. The molecule has 2 atom stereocenters. The average Bonchev–Trinajstić information content (AvgIpc) is 2.78. The molecular formula is C17H16ClNO2. The number of aliphatic hydroxyl groups is 1. The van der Waals surface area contributed by atoms with Gasteiger partial charge in [-0.25, -0.2) is 0 Å². The van der Waals surface area contributed by atoms with Gasteiger partial charge in [0.15, 0.2) is 0 Å². The molecule has 0 heterocycles. The van der Waals surface area contributed by atoms with Crippen LogP contribution >= 0.6 is 11.6 Å². The molecule has 2 aromatic rings. The largest absolute Gasteiger partial charge is 0.390 e. The maximum Gasteiger partial charge on any atom is 0.225 e. The smallest absolute Gasteiger partial charge is 0.225 e. The maximum absolute atomic E-state index is 12.2. The predicted octanol–water partition coefficient (Wildman–Crippen LogP) is 2.66. The molecule has 0 bridgehead atoms. The molecule has 0 radical (unpaired) electrons. The molecule has 0 saturated carbocycles. The SMILES string of the molecule is O=C(Cc1ccccc1Cl)NC1c2ccccc2CC1O. The van der Waals surface area contributed by atoms with Gasteiger partial charge in [0.1, 0.15) is 0 Å². The van der Waals surface area contributed by atoms with Crippen molar-refractivity contribution in [2.24, 2.45) is 0 Å². The minimum absolute atomic E-state index is 0.135. The van der Waals surface area contributed by atoms with Crippen molar-refractivity contribution in [2.45, 2.75) is 25.0 Å². The molecule has 1 amide bonds. The average molecular weight is 302 g/mol. The van der Waals surface area contributed by atoms with Crippen molar-refractivity contribution >= 4 is 17.5 Å². The Bertz CT molecular complexity index is 671. The van der Waals surface area contributed by atoms with E-state index >= 15 is 0 Å². The first-order chi connectivity index (χ1) is 10.1. The van der Waals surface area contributed by atoms with Crippen molar-refractivity contribution in [1.29, 1.82) is 0 Å². The molecule has 4 heteroatoms. The number of nitrogens with one attached hydrogen (secondary N) is 1. The fourth-order valence-electron chi connectivity index (χ4n) is 2.79. The van der Waals surface area contributed by atoms with Crippen LogP contribution < -0.4 is 5.32 Å². The number of carbonyl (C=O) groups is 1. The minimum atomic E-state index is -0.572. The number of halogens is 1. The molecule has 2 aromatic carbocycles. The molecule has 0 fully saturated rings. The van der Waals surface area contributed by atoms with E-state index in [0.717, 1.165) is 16.7 Å². The van der Waals surface area contributed by atoms with Crippen LogP contribution in [-0.2, 0) is 17.6 Å². The summed E-state index contributed by atoms with van der Waals surface area (Å²) < 4.78 is 0. The highest BCUT2D eigenvalue weighted by atomic mass is 35.5. The molecule has 21 heavy (non-hydrogen) atoms. The predicted molar refractivity (Wildman–Crippen MR) is 82.2 cm³/mol. The van der Waals surface area contributed by atoms with E-state index in [0.29, 0.717) is 11.4 Å². The first-order valence-electron chi connectivity index (χ1n) is 6.94. The topological polar surface area (TPSA) is 49.3 Å². The van der Waals surface area contributed by atoms with Gasteiger partial charge in [0.2, 0.25) is 5.91 Å². The van der Waals surface area contributed by atoms with Crippen molar-refractivity contribution in [1.82, 2.24) is 5.32 Å². The fraction of sp³-hybridized carbons (Fsp3) is 0.235. The van der Waals surface area contributed by atoms with E-state index in [4.69, 9.17) is 11.6 Å². The summed E-state index contributed by atoms with van der Waals surface area (Å²) in [6.45, 7) is 0. The summed E-state index contributed by atoms with van der Waals surface area (Å²) in [4.78, 5) is 12.2. The van der Waals surface area contributed by atoms with Gasteiger partial charge in [0.25, 0.3) is 0 Å². The molecule has 1 aliphatic rings. The molecule has 2 unspecified atom stereocenters. The van der Waals surface area contributed by atoms with Crippen LogP contribution in [0.15, 0.2) is 48.5 Å². The van der Waals surface area contributed by atoms with Crippen LogP contribution in [0.1, 0.15) is 22.7 Å². The highest BCUT2D eigenvalue weighted by Crippen LogP contribution is 2.31. The lowest BCUT2D eigenvalue weighted by molar-refractivity contribution is -0.121. The molecule has 3 nitrogen and oxygen atoms in total. The number of hydrogen-bond acceptors (Lipinski definition) is 2. The first-order valence-corrected chi connectivity index (χ1v) is 7.31. The summed E-state index contributed by atoms with van der Waals surface area (Å²) in [7, 11) is 0. The second kappa shape index (κ2) is 5.88. The van der Waals surface area contributed by atoms with Crippen LogP contribution in [0.3, 0.4) is 0 Å². The van der Waals surface area contributed by atoms with Crippen molar-refractivity contribution in [3.63, 3.8) is 0 Å². The number of hydrogen-bond donors (Lipinski definition) is 2. The van der Waals surface area contributed by atoms with Crippen molar-refractivity contribution < 1.29 is 9.90 Å². The monoisotopic (exact) mass is 301 g/mol. The van der Waals surface area contributed by atoms with Gasteiger partial charge in [-0.05, 0) is 22.8 Å². The Morgan fingerprint density at radius 3 is 2.71 bits per heavy atom. The van der Waals surface area contributed by atoms with Gasteiger partial charge in [-0.15, -0.1) is 0 Å². The fourth-order valence-corrected chi connectivity index (χ4v) is 2.99. The normalized spacial score (nSPS) is 20.1. The van der Waals surface area contributed by atoms with E-state index in [1.54, 1.807) is 6.07 Å². The second-order valence-corrected chi connectivity index (χ2v) is 5.69. The standard InChI is InChI=1S/C17H16ClNO2/c18-14-8-4-2-6-12(14)10-16(21)19-17-13-7-3-1-5-11(13)9-15(17)20/h1-8,15,17,20H,9-10H2,(H,19,21). The molecule has 2 N–H and O–H groups in total. The van der Waals surface area contributed by atoms with Gasteiger partial charge >= 0.3 is 0 Å². The van der Waals surface area contributed by atoms with Crippen LogP contribution in [0.25, 0.3) is 0 Å². The Morgan fingerprint density at radius 1 is 1.19 bits per heavy atom. The Labute approximate surface area is 128 Å². The Morgan fingerprint density at radius 2 is 1.90 bits per heavy atom. The third kappa shape index (κ3) is 2.94. The highest BCUT2D eigenvalue weighted by Gasteiger charge is 2.31. The Balaban J connectivity index is 1.72. The summed E-state index contributed by atoms with van der Waals surface area (Å²) in [5, 5.41) is 13.6. The zero-order chi connectivity index (χ0) is 14.8. The van der Waals surface area contributed by atoms with Crippen molar-refractivity contribution in [3.8, 4) is 0 Å². The number of fused-ring (bicyclic) bond motifs is 1. The van der Waals surface area contributed by atoms with Gasteiger partial charge < -0.3 is 10.4 Å². The Hall–Kier alpha value is -1.84. The second-order valence-electron chi connectivity index (χ2n) is 5.28. The molecule has 0 aliphatic heterocycles. The summed E-state index contributed by atoms with van der Waals surface area (Å²) >= 11 is 6.07. The Kier molecular flexibility index (Phi) is 3.95. The third-order valence-corrected chi connectivity index (χ3v) is 4.20. The lowest BCUT2D eigenvalue weighted by Gasteiger charge is -2.18. The van der Waals surface area contributed by atoms with E-state index in [1.165, 1.54) is 0 Å². The van der Waals surface area contributed by atoms with Crippen LogP contribution in [0.2, 0.25) is 5.02 Å². The van der Waals surface area contributed by atoms with Gasteiger partial charge in [0, 0.05) is 11.4 Å². The molecule has 3 rings (SSSR count). The lowest BCUT2D eigenvalue weighted by Crippen LogP contribution is -2.34. The van der Waals surface area contributed by atoms with Crippen LogP contribution in [0.4, 0.5) is 0 Å². The number of aliphatic hydroxyl groups excluding tert-OH is 1. The molecule has 1 aliphatic carbocycles. The maximum atomic E-state index is 12.2. The van der Waals surface area contributed by atoms with Crippen LogP contribution in [0, 0.1) is 0 Å².